The van der Waals surface area contributed by atoms with E-state index in [2.05, 4.69) is 15.7 Å². The first-order chi connectivity index (χ1) is 22.2. The summed E-state index contributed by atoms with van der Waals surface area (Å²) in [5, 5.41) is 19.3. The molecular formula is C33H27F2N7O4. The van der Waals surface area contributed by atoms with Gasteiger partial charge in [-0.15, -0.1) is 0 Å². The van der Waals surface area contributed by atoms with Crippen molar-refractivity contribution in [3.63, 3.8) is 0 Å². The van der Waals surface area contributed by atoms with Crippen molar-refractivity contribution < 1.29 is 27.9 Å². The summed E-state index contributed by atoms with van der Waals surface area (Å²) in [5.74, 6) is -4.38. The molecule has 3 amide bonds. The third-order valence-electron chi connectivity index (χ3n) is 7.87. The number of carbonyl (C=O) groups excluding carboxylic acids is 3. The molecular weight excluding hydrogens is 596 g/mol. The predicted molar refractivity (Wildman–Crippen MR) is 164 cm³/mol. The van der Waals surface area contributed by atoms with Crippen LogP contribution in [0.15, 0.2) is 85.2 Å². The average Bonchev–Trinajstić information content (AvgIpc) is 3.70. The molecule has 2 aliphatic rings. The summed E-state index contributed by atoms with van der Waals surface area (Å²) in [7, 11) is 3.05. The van der Waals surface area contributed by atoms with Crippen LogP contribution in [0.25, 0.3) is 5.70 Å². The Bertz CT molecular complexity index is 1920. The zero-order valence-electron chi connectivity index (χ0n) is 24.7. The number of benzene rings is 3. The van der Waals surface area contributed by atoms with Gasteiger partial charge in [0.05, 0.1) is 49.4 Å². The second-order valence-electron chi connectivity index (χ2n) is 10.6. The van der Waals surface area contributed by atoms with Gasteiger partial charge in [0.15, 0.2) is 5.69 Å². The third kappa shape index (κ3) is 5.14. The molecule has 2 aliphatic heterocycles. The summed E-state index contributed by atoms with van der Waals surface area (Å²) in [6.07, 6.45) is 2.91. The van der Waals surface area contributed by atoms with E-state index in [0.717, 1.165) is 0 Å². The highest BCUT2D eigenvalue weighted by atomic mass is 19.3. The van der Waals surface area contributed by atoms with Gasteiger partial charge in [0.1, 0.15) is 11.8 Å². The number of methoxy groups -OCH3 is 1. The zero-order valence-corrected chi connectivity index (χ0v) is 24.7. The standard InChI is InChI=1S/C33H27F2N7O4/c1-37-17-29(43)40-18-26-27(19-40)42-30(25(16-38-42)39-31(44)20-8-13-28(46-2)21(14-20)15-36)32(45)41(26)24-11-9-23(10-12-24)33(34,35)22-6-4-3-5-7-22/h3-14,16,19,26,37H,17-18H2,1-2H3,(H,39,44)/t26-/m0/s1. The highest BCUT2D eigenvalue weighted by molar-refractivity contribution is 6.15. The molecule has 3 aromatic carbocycles. The van der Waals surface area contributed by atoms with E-state index in [-0.39, 0.29) is 52.6 Å². The van der Waals surface area contributed by atoms with E-state index in [4.69, 9.17) is 4.74 Å². The van der Waals surface area contributed by atoms with Crippen molar-refractivity contribution in [1.82, 2.24) is 20.0 Å². The van der Waals surface area contributed by atoms with Gasteiger partial charge in [-0.25, -0.2) is 4.68 Å². The molecule has 13 heteroatoms. The number of alkyl halides is 2. The Morgan fingerprint density at radius 3 is 2.48 bits per heavy atom. The number of fused-ring (bicyclic) bond motifs is 3. The summed E-state index contributed by atoms with van der Waals surface area (Å²) in [5.41, 5.74) is 0.764. The lowest BCUT2D eigenvalue weighted by Crippen LogP contribution is -2.50. The molecule has 11 nitrogen and oxygen atoms in total. The lowest BCUT2D eigenvalue weighted by molar-refractivity contribution is -0.127. The minimum Gasteiger partial charge on any atom is -0.495 e. The largest absolute Gasteiger partial charge is 0.495 e. The molecule has 2 N–H and O–H groups in total. The van der Waals surface area contributed by atoms with Crippen LogP contribution in [0.1, 0.15) is 37.5 Å². The minimum absolute atomic E-state index is 0.00600. The molecule has 0 unspecified atom stereocenters. The number of likely N-dealkylation sites (N-methyl/N-ethyl adjacent to an activating group) is 1. The van der Waals surface area contributed by atoms with Gasteiger partial charge >= 0.3 is 0 Å². The molecule has 0 saturated heterocycles. The minimum atomic E-state index is -3.27. The van der Waals surface area contributed by atoms with Crippen LogP contribution in [0.3, 0.4) is 0 Å². The average molecular weight is 624 g/mol. The molecule has 46 heavy (non-hydrogen) atoms. The van der Waals surface area contributed by atoms with Crippen molar-refractivity contribution >= 4 is 34.8 Å². The molecule has 3 heterocycles. The Morgan fingerprint density at radius 2 is 1.80 bits per heavy atom. The maximum atomic E-state index is 15.3. The van der Waals surface area contributed by atoms with Crippen LogP contribution in [0.4, 0.5) is 20.2 Å². The van der Waals surface area contributed by atoms with Gasteiger partial charge < -0.3 is 20.3 Å². The topological polar surface area (TPSA) is 133 Å². The Labute approximate surface area is 262 Å². The van der Waals surface area contributed by atoms with Crippen LogP contribution in [-0.2, 0) is 10.7 Å². The van der Waals surface area contributed by atoms with Crippen molar-refractivity contribution in [2.45, 2.75) is 12.0 Å². The van der Waals surface area contributed by atoms with Gasteiger partial charge in [-0.3, -0.25) is 19.3 Å². The number of hydrogen-bond donors (Lipinski definition) is 2. The number of nitrogens with zero attached hydrogens (tertiary/aromatic N) is 5. The summed E-state index contributed by atoms with van der Waals surface area (Å²) < 4.78 is 37.1. The number of carbonyl (C=O) groups is 3. The van der Waals surface area contributed by atoms with Gasteiger partial charge in [-0.05, 0) is 37.4 Å². The molecule has 232 valence electrons. The number of amides is 3. The first kappa shape index (κ1) is 30.2. The number of nitriles is 1. The first-order valence-electron chi connectivity index (χ1n) is 14.2. The van der Waals surface area contributed by atoms with E-state index in [0.29, 0.717) is 17.1 Å². The van der Waals surface area contributed by atoms with Crippen LogP contribution in [0.2, 0.25) is 0 Å². The molecule has 1 atom stereocenters. The first-order valence-corrected chi connectivity index (χ1v) is 14.2. The van der Waals surface area contributed by atoms with Crippen LogP contribution in [-0.4, -0.2) is 65.7 Å². The van der Waals surface area contributed by atoms with Crippen molar-refractivity contribution in [2.24, 2.45) is 0 Å². The number of rotatable bonds is 8. The van der Waals surface area contributed by atoms with Gasteiger partial charge in [-0.2, -0.15) is 19.1 Å². The van der Waals surface area contributed by atoms with Crippen molar-refractivity contribution in [1.29, 1.82) is 5.26 Å². The van der Waals surface area contributed by atoms with E-state index in [9.17, 15) is 19.6 Å². The van der Waals surface area contributed by atoms with Crippen molar-refractivity contribution in [2.75, 3.05) is 37.5 Å². The maximum absolute atomic E-state index is 15.3. The molecule has 0 bridgehead atoms. The fourth-order valence-electron chi connectivity index (χ4n) is 5.59. The molecule has 0 fully saturated rings. The molecule has 1 aromatic heterocycles. The highest BCUT2D eigenvalue weighted by Crippen LogP contribution is 2.40. The monoisotopic (exact) mass is 623 g/mol. The lowest BCUT2D eigenvalue weighted by atomic mass is 9.99. The summed E-state index contributed by atoms with van der Waals surface area (Å²) >= 11 is 0. The number of hydrogen-bond acceptors (Lipinski definition) is 7. The number of halogens is 2. The molecule has 0 aliphatic carbocycles. The third-order valence-corrected chi connectivity index (χ3v) is 7.87. The van der Waals surface area contributed by atoms with Gasteiger partial charge in [0.2, 0.25) is 5.91 Å². The van der Waals surface area contributed by atoms with E-state index >= 15 is 8.78 Å². The lowest BCUT2D eigenvalue weighted by Gasteiger charge is -2.35. The van der Waals surface area contributed by atoms with Crippen LogP contribution < -0.4 is 20.3 Å². The van der Waals surface area contributed by atoms with Gasteiger partial charge in [0.25, 0.3) is 17.7 Å². The summed E-state index contributed by atoms with van der Waals surface area (Å²) in [6, 6.07) is 18.5. The number of anilines is 2. The Balaban J connectivity index is 1.37. The van der Waals surface area contributed by atoms with E-state index in [1.54, 1.807) is 19.3 Å². The van der Waals surface area contributed by atoms with Crippen LogP contribution in [0, 0.1) is 11.3 Å². The normalized spacial score (nSPS) is 15.5. The van der Waals surface area contributed by atoms with Crippen LogP contribution in [0.5, 0.6) is 5.75 Å². The molecule has 6 rings (SSSR count). The number of aromatic nitrogens is 2. The van der Waals surface area contributed by atoms with Crippen molar-refractivity contribution in [3.8, 4) is 11.8 Å². The second-order valence-corrected chi connectivity index (χ2v) is 10.6. The fraction of sp³-hybridized carbons (Fsp3) is 0.182. The van der Waals surface area contributed by atoms with Gasteiger partial charge in [-0.1, -0.05) is 42.5 Å². The quantitative estimate of drug-likeness (QED) is 0.303. The number of ether oxygens (including phenoxy) is 1. The Kier molecular flexibility index (Phi) is 7.81. The summed E-state index contributed by atoms with van der Waals surface area (Å²) in [6.45, 7) is 0.154. The maximum Gasteiger partial charge on any atom is 0.298 e. The highest BCUT2D eigenvalue weighted by Gasteiger charge is 2.45. The fourth-order valence-corrected chi connectivity index (χ4v) is 5.59. The van der Waals surface area contributed by atoms with E-state index in [1.165, 1.54) is 94.5 Å². The van der Waals surface area contributed by atoms with Gasteiger partial charge in [0, 0.05) is 28.6 Å². The zero-order chi connectivity index (χ0) is 32.6. The van der Waals surface area contributed by atoms with Crippen molar-refractivity contribution in [3.05, 3.63) is 113 Å². The SMILES string of the molecule is CNCC(=O)N1C=C2[C@H](C1)N(c1ccc(C(F)(F)c3ccccc3)cc1)C(=O)c1c(NC(=O)c3ccc(OC)c(C#N)c3)cnn12. The molecule has 4 aromatic rings. The Hall–Kier alpha value is -5.87. The Morgan fingerprint density at radius 1 is 1.09 bits per heavy atom. The molecule has 0 saturated carbocycles. The molecule has 0 radical (unpaired) electrons. The summed E-state index contributed by atoms with van der Waals surface area (Å²) in [4.78, 5) is 43.2. The number of nitrogens with one attached hydrogen (secondary N) is 2. The predicted octanol–water partition coefficient (Wildman–Crippen LogP) is 4.04. The van der Waals surface area contributed by atoms with E-state index < -0.39 is 23.8 Å². The molecule has 0 spiro atoms. The smallest absolute Gasteiger partial charge is 0.298 e. The van der Waals surface area contributed by atoms with E-state index in [1.807, 2.05) is 6.07 Å². The van der Waals surface area contributed by atoms with Crippen LogP contribution >= 0.6 is 0 Å². The second kappa shape index (κ2) is 11.9.